The van der Waals surface area contributed by atoms with Crippen LogP contribution in [0.25, 0.3) is 11.5 Å². The monoisotopic (exact) mass is 337 g/mol. The van der Waals surface area contributed by atoms with Gasteiger partial charge in [-0.3, -0.25) is 4.98 Å². The molecule has 0 aromatic carbocycles. The number of hydrogen-bond donors (Lipinski definition) is 1. The topological polar surface area (TPSA) is 90.7 Å². The number of pyridine rings is 1. The molecule has 0 bridgehead atoms. The Hall–Kier alpha value is -1.80. The van der Waals surface area contributed by atoms with E-state index in [1.807, 2.05) is 17.5 Å². The Balaban J connectivity index is 1.81. The number of anilines is 1. The smallest absolute Gasteiger partial charge is 0.233 e. The van der Waals surface area contributed by atoms with Crippen LogP contribution < -0.4 is 5.73 Å². The molecule has 3 rings (SSSR count). The van der Waals surface area contributed by atoms with Crippen molar-refractivity contribution in [3.05, 3.63) is 39.8 Å². The molecule has 0 aliphatic rings. The predicted molar refractivity (Wildman–Crippen MR) is 74.6 cm³/mol. The molecule has 0 radical (unpaired) electrons. The van der Waals surface area contributed by atoms with Crippen LogP contribution >= 0.6 is 27.3 Å². The molecule has 3 heterocycles. The molecule has 3 aromatic heterocycles. The zero-order chi connectivity index (χ0) is 13.2. The van der Waals surface area contributed by atoms with Crippen LogP contribution in [0, 0.1) is 0 Å². The minimum atomic E-state index is 0.464. The number of nitrogens with zero attached hydrogens (tertiary/aromatic N) is 4. The summed E-state index contributed by atoms with van der Waals surface area (Å²) in [7, 11) is 0. The molecule has 0 saturated heterocycles. The second-order valence-corrected chi connectivity index (χ2v) is 5.53. The maximum absolute atomic E-state index is 5.57. The fraction of sp³-hybridized carbons (Fsp3) is 0.0909. The summed E-state index contributed by atoms with van der Waals surface area (Å²) in [6.45, 7) is 0. The number of hydrogen-bond acceptors (Lipinski definition) is 7. The van der Waals surface area contributed by atoms with Crippen LogP contribution in [-0.2, 0) is 6.42 Å². The summed E-state index contributed by atoms with van der Waals surface area (Å²) >= 11 is 4.71. The molecule has 0 saturated carbocycles. The second kappa shape index (κ2) is 5.06. The van der Waals surface area contributed by atoms with E-state index in [0.29, 0.717) is 29.0 Å². The Morgan fingerprint density at radius 1 is 1.32 bits per heavy atom. The third kappa shape index (κ3) is 2.79. The first kappa shape index (κ1) is 12.2. The second-order valence-electron chi connectivity index (χ2n) is 3.73. The normalized spacial score (nSPS) is 10.8. The number of rotatable bonds is 3. The average molecular weight is 338 g/mol. The first-order valence-corrected chi connectivity index (χ1v) is 7.02. The molecule has 8 heteroatoms. The van der Waals surface area contributed by atoms with Gasteiger partial charge in [-0.1, -0.05) is 5.16 Å². The van der Waals surface area contributed by atoms with Crippen molar-refractivity contribution in [3.8, 4) is 11.5 Å². The summed E-state index contributed by atoms with van der Waals surface area (Å²) < 4.78 is 6.07. The van der Waals surface area contributed by atoms with Crippen LogP contribution in [0.2, 0.25) is 0 Å². The average Bonchev–Trinajstić information content (AvgIpc) is 3.00. The Bertz CT molecular complexity index is 693. The molecule has 19 heavy (non-hydrogen) atoms. The molecule has 0 amide bonds. The van der Waals surface area contributed by atoms with Gasteiger partial charge in [-0.2, -0.15) is 4.98 Å². The summed E-state index contributed by atoms with van der Waals surface area (Å²) in [5, 5.41) is 6.30. The highest BCUT2D eigenvalue weighted by Gasteiger charge is 2.11. The summed E-state index contributed by atoms with van der Waals surface area (Å²) in [5.41, 5.74) is 7.05. The minimum absolute atomic E-state index is 0.464. The molecule has 0 atom stereocenters. The molecule has 2 N–H and O–H groups in total. The van der Waals surface area contributed by atoms with Crippen LogP contribution in [0.4, 0.5) is 5.13 Å². The van der Waals surface area contributed by atoms with Gasteiger partial charge in [-0.15, -0.1) is 11.3 Å². The molecule has 0 fully saturated rings. The highest BCUT2D eigenvalue weighted by Crippen LogP contribution is 2.18. The van der Waals surface area contributed by atoms with E-state index < -0.39 is 0 Å². The van der Waals surface area contributed by atoms with Gasteiger partial charge < -0.3 is 10.3 Å². The number of nitrogen functional groups attached to an aromatic ring is 1. The maximum atomic E-state index is 5.57. The van der Waals surface area contributed by atoms with Gasteiger partial charge in [0.1, 0.15) is 5.69 Å². The summed E-state index contributed by atoms with van der Waals surface area (Å²) in [5.74, 6) is 0.954. The molecule has 0 unspecified atom stereocenters. The van der Waals surface area contributed by atoms with E-state index >= 15 is 0 Å². The minimum Gasteiger partial charge on any atom is -0.375 e. The van der Waals surface area contributed by atoms with Crippen molar-refractivity contribution in [3.63, 3.8) is 0 Å². The zero-order valence-electron chi connectivity index (χ0n) is 9.58. The molecule has 0 aliphatic carbocycles. The van der Waals surface area contributed by atoms with Crippen molar-refractivity contribution >= 4 is 32.4 Å². The van der Waals surface area contributed by atoms with Crippen molar-refractivity contribution in [2.75, 3.05) is 5.73 Å². The van der Waals surface area contributed by atoms with Crippen molar-refractivity contribution in [2.45, 2.75) is 6.42 Å². The zero-order valence-corrected chi connectivity index (χ0v) is 12.0. The lowest BCUT2D eigenvalue weighted by molar-refractivity contribution is 0.385. The van der Waals surface area contributed by atoms with E-state index in [-0.39, 0.29) is 0 Å². The van der Waals surface area contributed by atoms with Crippen LogP contribution in [0.15, 0.2) is 32.7 Å². The van der Waals surface area contributed by atoms with E-state index in [2.05, 4.69) is 36.0 Å². The molecule has 3 aromatic rings. The van der Waals surface area contributed by atoms with Crippen molar-refractivity contribution in [1.82, 2.24) is 20.1 Å². The summed E-state index contributed by atoms with van der Waals surface area (Å²) in [6, 6.07) is 3.69. The third-order valence-corrected chi connectivity index (χ3v) is 3.52. The maximum Gasteiger partial charge on any atom is 0.233 e. The van der Waals surface area contributed by atoms with E-state index in [1.54, 1.807) is 6.20 Å². The first-order valence-electron chi connectivity index (χ1n) is 5.35. The van der Waals surface area contributed by atoms with Crippen molar-refractivity contribution < 1.29 is 4.52 Å². The number of halogens is 1. The molecule has 0 spiro atoms. The highest BCUT2D eigenvalue weighted by atomic mass is 79.9. The lowest BCUT2D eigenvalue weighted by Crippen LogP contribution is -1.91. The van der Waals surface area contributed by atoms with Gasteiger partial charge in [0, 0.05) is 16.0 Å². The van der Waals surface area contributed by atoms with Crippen LogP contribution in [0.1, 0.15) is 11.6 Å². The predicted octanol–water partition coefficient (Wildman–Crippen LogP) is 2.52. The Labute approximate surface area is 120 Å². The molecule has 0 aliphatic heterocycles. The van der Waals surface area contributed by atoms with Gasteiger partial charge in [0.25, 0.3) is 0 Å². The fourth-order valence-electron chi connectivity index (χ4n) is 1.50. The van der Waals surface area contributed by atoms with Crippen molar-refractivity contribution in [1.29, 1.82) is 0 Å². The molecular formula is C11H8BrN5OS. The Kier molecular flexibility index (Phi) is 3.26. The summed E-state index contributed by atoms with van der Waals surface area (Å²) in [6.07, 6.45) is 2.16. The Morgan fingerprint density at radius 2 is 2.21 bits per heavy atom. The quantitative estimate of drug-likeness (QED) is 0.789. The molecule has 6 nitrogen and oxygen atoms in total. The number of aromatic nitrogens is 4. The van der Waals surface area contributed by atoms with Crippen molar-refractivity contribution in [2.24, 2.45) is 0 Å². The van der Waals surface area contributed by atoms with Gasteiger partial charge in [0.05, 0.1) is 12.1 Å². The SMILES string of the molecule is Nc1nc(Cc2nc(-c3ccc(Br)cn3)no2)cs1. The third-order valence-electron chi connectivity index (χ3n) is 2.33. The Morgan fingerprint density at radius 3 is 2.89 bits per heavy atom. The largest absolute Gasteiger partial charge is 0.375 e. The van der Waals surface area contributed by atoms with E-state index in [9.17, 15) is 0 Å². The fourth-order valence-corrected chi connectivity index (χ4v) is 2.29. The highest BCUT2D eigenvalue weighted by molar-refractivity contribution is 9.10. The van der Waals surface area contributed by atoms with E-state index in [4.69, 9.17) is 10.3 Å². The van der Waals surface area contributed by atoms with Gasteiger partial charge in [0.2, 0.25) is 11.7 Å². The van der Waals surface area contributed by atoms with Crippen LogP contribution in [0.5, 0.6) is 0 Å². The molecule has 96 valence electrons. The number of nitrogens with two attached hydrogens (primary N) is 1. The molecular weight excluding hydrogens is 330 g/mol. The lowest BCUT2D eigenvalue weighted by Gasteiger charge is -1.92. The lowest BCUT2D eigenvalue weighted by atomic mass is 10.3. The number of thiazole rings is 1. The summed E-state index contributed by atoms with van der Waals surface area (Å²) in [4.78, 5) is 12.6. The van der Waals surface area contributed by atoms with Crippen LogP contribution in [-0.4, -0.2) is 20.1 Å². The van der Waals surface area contributed by atoms with Gasteiger partial charge >= 0.3 is 0 Å². The standard InChI is InChI=1S/C11H8BrN5OS/c12-6-1-2-8(14-4-6)10-16-9(18-17-10)3-7-5-19-11(13)15-7/h1-2,4-5H,3H2,(H2,13,15). The van der Waals surface area contributed by atoms with Gasteiger partial charge in [-0.05, 0) is 28.1 Å². The van der Waals surface area contributed by atoms with E-state index in [0.717, 1.165) is 10.2 Å². The first-order chi connectivity index (χ1) is 9.20. The van der Waals surface area contributed by atoms with E-state index in [1.165, 1.54) is 11.3 Å². The van der Waals surface area contributed by atoms with Gasteiger partial charge in [-0.25, -0.2) is 4.98 Å². The van der Waals surface area contributed by atoms with Crippen LogP contribution in [0.3, 0.4) is 0 Å². The van der Waals surface area contributed by atoms with Gasteiger partial charge in [0.15, 0.2) is 5.13 Å².